The molecule has 0 radical (unpaired) electrons. The van der Waals surface area contributed by atoms with E-state index in [1.165, 1.54) is 17.9 Å². The maximum atomic E-state index is 15.3. The van der Waals surface area contributed by atoms with E-state index in [-0.39, 0.29) is 16.9 Å². The molecule has 5 rings (SSSR count). The average molecular weight is 515 g/mol. The number of aromatic nitrogens is 4. The Labute approximate surface area is 215 Å². The van der Waals surface area contributed by atoms with Crippen molar-refractivity contribution < 1.29 is 12.8 Å². The minimum Gasteiger partial charge on any atom is -0.256 e. The van der Waals surface area contributed by atoms with Crippen molar-refractivity contribution in [2.45, 2.75) is 37.6 Å². The standard InChI is InChI=1S/C29H27FN4O2S/c1-29(2,3)22-11-9-20(10-12-22)27-32-28(24-16-21-6-5-15-31-26(21)17-25(24)30)34(33-27)18-19-7-13-23(14-8-19)37(4,35)36/h5-17H,18H2,1-4H3. The first-order valence-electron chi connectivity index (χ1n) is 11.9. The minimum atomic E-state index is -3.31. The van der Waals surface area contributed by atoms with Gasteiger partial charge in [-0.25, -0.2) is 22.5 Å². The van der Waals surface area contributed by atoms with Gasteiger partial charge < -0.3 is 0 Å². The zero-order valence-corrected chi connectivity index (χ0v) is 21.9. The molecule has 0 fully saturated rings. The van der Waals surface area contributed by atoms with Crippen LogP contribution in [-0.2, 0) is 21.8 Å². The van der Waals surface area contributed by atoms with Crippen molar-refractivity contribution in [1.82, 2.24) is 19.7 Å². The summed E-state index contributed by atoms with van der Waals surface area (Å²) in [4.78, 5) is 9.24. The second-order valence-corrected chi connectivity index (χ2v) is 12.2. The lowest BCUT2D eigenvalue weighted by atomic mass is 9.87. The summed E-state index contributed by atoms with van der Waals surface area (Å²) in [7, 11) is -3.31. The van der Waals surface area contributed by atoms with E-state index in [0.29, 0.717) is 22.7 Å². The number of sulfone groups is 1. The summed E-state index contributed by atoms with van der Waals surface area (Å²) in [6.45, 7) is 6.75. The number of hydrogen-bond acceptors (Lipinski definition) is 5. The van der Waals surface area contributed by atoms with Gasteiger partial charge in [-0.2, -0.15) is 5.10 Å². The molecule has 0 saturated carbocycles. The molecule has 0 amide bonds. The van der Waals surface area contributed by atoms with Gasteiger partial charge in [0.25, 0.3) is 0 Å². The second-order valence-electron chi connectivity index (χ2n) is 10.2. The average Bonchev–Trinajstić information content (AvgIpc) is 3.26. The van der Waals surface area contributed by atoms with Gasteiger partial charge in [0.2, 0.25) is 0 Å². The van der Waals surface area contributed by atoms with E-state index in [1.807, 2.05) is 18.2 Å². The summed E-state index contributed by atoms with van der Waals surface area (Å²) >= 11 is 0. The highest BCUT2D eigenvalue weighted by molar-refractivity contribution is 7.90. The lowest BCUT2D eigenvalue weighted by Crippen LogP contribution is -2.10. The first-order chi connectivity index (χ1) is 17.5. The van der Waals surface area contributed by atoms with E-state index in [2.05, 4.69) is 37.9 Å². The highest BCUT2D eigenvalue weighted by Crippen LogP contribution is 2.30. The Bertz CT molecular complexity index is 1700. The molecule has 37 heavy (non-hydrogen) atoms. The maximum Gasteiger partial charge on any atom is 0.181 e. The smallest absolute Gasteiger partial charge is 0.181 e. The molecule has 0 bridgehead atoms. The number of benzene rings is 3. The van der Waals surface area contributed by atoms with Crippen molar-refractivity contribution >= 4 is 20.7 Å². The Kier molecular flexibility index (Phi) is 6.15. The van der Waals surface area contributed by atoms with Crippen LogP contribution in [0.1, 0.15) is 31.9 Å². The van der Waals surface area contributed by atoms with Crippen molar-refractivity contribution in [1.29, 1.82) is 0 Å². The van der Waals surface area contributed by atoms with Crippen LogP contribution in [0.4, 0.5) is 4.39 Å². The monoisotopic (exact) mass is 514 g/mol. The predicted molar refractivity (Wildman–Crippen MR) is 144 cm³/mol. The van der Waals surface area contributed by atoms with Crippen molar-refractivity contribution in [3.63, 3.8) is 0 Å². The van der Waals surface area contributed by atoms with Gasteiger partial charge in [-0.1, -0.05) is 63.2 Å². The number of rotatable bonds is 5. The lowest BCUT2D eigenvalue weighted by molar-refractivity contribution is 0.590. The summed E-state index contributed by atoms with van der Waals surface area (Å²) in [5, 5.41) is 5.53. The van der Waals surface area contributed by atoms with Crippen LogP contribution < -0.4 is 0 Å². The van der Waals surface area contributed by atoms with Gasteiger partial charge in [0.05, 0.1) is 22.5 Å². The summed E-state index contributed by atoms with van der Waals surface area (Å²) in [6, 6.07) is 21.5. The molecule has 3 aromatic carbocycles. The molecule has 2 aromatic heterocycles. The molecule has 6 nitrogen and oxygen atoms in total. The van der Waals surface area contributed by atoms with Gasteiger partial charge in [0.1, 0.15) is 5.82 Å². The Morgan fingerprint density at radius 1 is 0.946 bits per heavy atom. The Balaban J connectivity index is 1.61. The number of fused-ring (bicyclic) bond motifs is 1. The molecule has 2 heterocycles. The van der Waals surface area contributed by atoms with E-state index in [1.54, 1.807) is 47.3 Å². The zero-order chi connectivity index (χ0) is 26.4. The number of pyridine rings is 1. The van der Waals surface area contributed by atoms with E-state index in [0.717, 1.165) is 16.5 Å². The highest BCUT2D eigenvalue weighted by atomic mass is 32.2. The van der Waals surface area contributed by atoms with Gasteiger partial charge in [-0.15, -0.1) is 0 Å². The van der Waals surface area contributed by atoms with Crippen LogP contribution >= 0.6 is 0 Å². The molecule has 188 valence electrons. The minimum absolute atomic E-state index is 0.0108. The molecule has 0 aliphatic carbocycles. The summed E-state index contributed by atoms with van der Waals surface area (Å²) in [5.41, 5.74) is 3.72. The van der Waals surface area contributed by atoms with Gasteiger partial charge in [-0.3, -0.25) is 4.98 Å². The van der Waals surface area contributed by atoms with E-state index >= 15 is 4.39 Å². The molecule has 0 aliphatic heterocycles. The molecule has 0 unspecified atom stereocenters. The molecule has 0 N–H and O–H groups in total. The fourth-order valence-corrected chi connectivity index (χ4v) is 4.80. The number of nitrogens with zero attached hydrogens (tertiary/aromatic N) is 4. The normalized spacial score (nSPS) is 12.2. The summed E-state index contributed by atoms with van der Waals surface area (Å²) in [5.74, 6) is 0.418. The lowest BCUT2D eigenvalue weighted by Gasteiger charge is -2.18. The highest BCUT2D eigenvalue weighted by Gasteiger charge is 2.20. The van der Waals surface area contributed by atoms with Crippen molar-refractivity contribution in [2.75, 3.05) is 6.26 Å². The van der Waals surface area contributed by atoms with Gasteiger partial charge in [0.15, 0.2) is 21.5 Å². The van der Waals surface area contributed by atoms with Crippen LogP contribution in [-0.4, -0.2) is 34.4 Å². The van der Waals surface area contributed by atoms with Crippen molar-refractivity contribution in [3.8, 4) is 22.8 Å². The van der Waals surface area contributed by atoms with E-state index in [4.69, 9.17) is 10.1 Å². The van der Waals surface area contributed by atoms with Crippen LogP contribution in [0.15, 0.2) is 83.9 Å². The van der Waals surface area contributed by atoms with Gasteiger partial charge in [-0.05, 0) is 40.8 Å². The van der Waals surface area contributed by atoms with Crippen LogP contribution in [0.2, 0.25) is 0 Å². The Morgan fingerprint density at radius 2 is 1.65 bits per heavy atom. The van der Waals surface area contributed by atoms with Crippen molar-refractivity contribution in [3.05, 3.63) is 95.9 Å². The largest absolute Gasteiger partial charge is 0.256 e. The Morgan fingerprint density at radius 3 is 2.30 bits per heavy atom. The molecule has 8 heteroatoms. The van der Waals surface area contributed by atoms with Crippen LogP contribution in [0.3, 0.4) is 0 Å². The molecule has 0 atom stereocenters. The topological polar surface area (TPSA) is 77.7 Å². The molecular weight excluding hydrogens is 487 g/mol. The third kappa shape index (κ3) is 5.15. The first-order valence-corrected chi connectivity index (χ1v) is 13.8. The quantitative estimate of drug-likeness (QED) is 0.285. The van der Waals surface area contributed by atoms with Crippen LogP contribution in [0.5, 0.6) is 0 Å². The third-order valence-electron chi connectivity index (χ3n) is 6.30. The second kappa shape index (κ2) is 9.19. The van der Waals surface area contributed by atoms with Crippen molar-refractivity contribution in [2.24, 2.45) is 0 Å². The fourth-order valence-electron chi connectivity index (χ4n) is 4.17. The van der Waals surface area contributed by atoms with Crippen LogP contribution in [0.25, 0.3) is 33.7 Å². The number of halogens is 1. The van der Waals surface area contributed by atoms with Crippen LogP contribution in [0, 0.1) is 5.82 Å². The summed E-state index contributed by atoms with van der Waals surface area (Å²) < 4.78 is 40.7. The van der Waals surface area contributed by atoms with E-state index < -0.39 is 15.7 Å². The molecule has 0 spiro atoms. The molecular formula is C29H27FN4O2S. The first kappa shape index (κ1) is 24.8. The zero-order valence-electron chi connectivity index (χ0n) is 21.1. The predicted octanol–water partition coefficient (Wildman–Crippen LogP) is 6.05. The number of hydrogen-bond donors (Lipinski definition) is 0. The van der Waals surface area contributed by atoms with E-state index in [9.17, 15) is 8.42 Å². The Hall–Kier alpha value is -3.91. The van der Waals surface area contributed by atoms with Gasteiger partial charge in [0, 0.05) is 29.5 Å². The molecule has 0 saturated heterocycles. The molecule has 0 aliphatic rings. The SMILES string of the molecule is CC(C)(C)c1ccc(-c2nc(-c3cc4cccnc4cc3F)n(Cc3ccc(S(C)(=O)=O)cc3)n2)cc1. The third-order valence-corrected chi connectivity index (χ3v) is 7.43. The fraction of sp³-hybridized carbons (Fsp3) is 0.207. The van der Waals surface area contributed by atoms with Gasteiger partial charge >= 0.3 is 0 Å². The molecule has 5 aromatic rings. The summed E-state index contributed by atoms with van der Waals surface area (Å²) in [6.07, 6.45) is 2.80. The maximum absolute atomic E-state index is 15.3.